The topological polar surface area (TPSA) is 0 Å². The molecule has 0 amide bonds. The Morgan fingerprint density at radius 3 is 2.79 bits per heavy atom. The summed E-state index contributed by atoms with van der Waals surface area (Å²) in [6.45, 7) is 4.77. The molecule has 0 aliphatic heterocycles. The van der Waals surface area contributed by atoms with Gasteiger partial charge < -0.3 is 0 Å². The molecule has 2 bridgehead atoms. The highest BCUT2D eigenvalue weighted by atomic mass is 14.8. The fourth-order valence-electron chi connectivity index (χ4n) is 4.91. The summed E-state index contributed by atoms with van der Waals surface area (Å²) in [4.78, 5) is 0. The Labute approximate surface area is 88.5 Å². The predicted molar refractivity (Wildman–Crippen MR) is 60.1 cm³/mol. The third-order valence-corrected chi connectivity index (χ3v) is 5.61. The lowest BCUT2D eigenvalue weighted by Gasteiger charge is -2.20. The lowest BCUT2D eigenvalue weighted by molar-refractivity contribution is 0.287. The molecule has 1 spiro atoms. The molecule has 0 aromatic heterocycles. The van der Waals surface area contributed by atoms with Crippen molar-refractivity contribution in [1.29, 1.82) is 0 Å². The summed E-state index contributed by atoms with van der Waals surface area (Å²) in [6.07, 6.45) is 10.7. The van der Waals surface area contributed by atoms with Crippen LogP contribution in [0.15, 0.2) is 0 Å². The fourth-order valence-corrected chi connectivity index (χ4v) is 4.91. The largest absolute Gasteiger partial charge is 0.0654 e. The van der Waals surface area contributed by atoms with Crippen molar-refractivity contribution in [2.75, 3.05) is 0 Å². The molecule has 4 rings (SSSR count). The zero-order valence-electron chi connectivity index (χ0n) is 9.76. The van der Waals surface area contributed by atoms with Crippen LogP contribution >= 0.6 is 0 Å². The van der Waals surface area contributed by atoms with E-state index in [0.717, 1.165) is 11.3 Å². The van der Waals surface area contributed by atoms with Gasteiger partial charge in [0, 0.05) is 0 Å². The van der Waals surface area contributed by atoms with Crippen molar-refractivity contribution >= 4 is 0 Å². The number of hydrogen-bond donors (Lipinski definition) is 0. The molecule has 14 heavy (non-hydrogen) atoms. The molecule has 5 unspecified atom stereocenters. The van der Waals surface area contributed by atoms with Gasteiger partial charge in [0.1, 0.15) is 0 Å². The van der Waals surface area contributed by atoms with E-state index in [9.17, 15) is 0 Å². The van der Waals surface area contributed by atoms with Gasteiger partial charge in [-0.3, -0.25) is 0 Å². The zero-order valence-corrected chi connectivity index (χ0v) is 9.76. The van der Waals surface area contributed by atoms with E-state index in [1.54, 1.807) is 25.7 Å². The third-order valence-electron chi connectivity index (χ3n) is 5.61. The summed E-state index contributed by atoms with van der Waals surface area (Å²) in [5, 5.41) is 0. The molecular weight excluding hydrogens is 168 g/mol. The normalized spacial score (nSPS) is 49.7. The van der Waals surface area contributed by atoms with E-state index in [1.165, 1.54) is 37.0 Å². The van der Waals surface area contributed by atoms with Crippen molar-refractivity contribution in [1.82, 2.24) is 0 Å². The Bertz CT molecular complexity index is 228. The second-order valence-corrected chi connectivity index (χ2v) is 6.34. The maximum Gasteiger partial charge on any atom is -0.0230 e. The third kappa shape index (κ3) is 1.06. The minimum atomic E-state index is 0.955. The van der Waals surface area contributed by atoms with E-state index < -0.39 is 0 Å². The first kappa shape index (κ1) is 9.24. The van der Waals surface area contributed by atoms with Gasteiger partial charge in [-0.05, 0) is 54.8 Å². The molecule has 0 N–H and O–H groups in total. The number of rotatable bonds is 5. The van der Waals surface area contributed by atoms with E-state index >= 15 is 0 Å². The first-order valence-electron chi connectivity index (χ1n) is 6.78. The van der Waals surface area contributed by atoms with E-state index in [1.807, 2.05) is 0 Å². The molecule has 0 heterocycles. The van der Waals surface area contributed by atoms with Gasteiger partial charge >= 0.3 is 0 Å². The van der Waals surface area contributed by atoms with Crippen molar-refractivity contribution in [2.45, 2.75) is 58.8 Å². The van der Waals surface area contributed by atoms with Gasteiger partial charge in [0.25, 0.3) is 0 Å². The summed E-state index contributed by atoms with van der Waals surface area (Å²) in [6, 6.07) is 0. The van der Waals surface area contributed by atoms with Crippen LogP contribution in [0.3, 0.4) is 0 Å². The molecule has 5 atom stereocenters. The number of hydrogen-bond acceptors (Lipinski definition) is 0. The summed E-state index contributed by atoms with van der Waals surface area (Å²) in [5.41, 5.74) is 0.955. The Morgan fingerprint density at radius 1 is 1.36 bits per heavy atom. The van der Waals surface area contributed by atoms with Gasteiger partial charge in [-0.1, -0.05) is 33.1 Å². The van der Waals surface area contributed by atoms with Gasteiger partial charge in [-0.2, -0.15) is 0 Å². The van der Waals surface area contributed by atoms with Crippen LogP contribution in [-0.4, -0.2) is 0 Å². The van der Waals surface area contributed by atoms with E-state index in [2.05, 4.69) is 13.8 Å². The molecule has 4 aliphatic rings. The van der Waals surface area contributed by atoms with Crippen LogP contribution < -0.4 is 0 Å². The smallest absolute Gasteiger partial charge is 0.0230 e. The summed E-state index contributed by atoms with van der Waals surface area (Å²) >= 11 is 0. The summed E-state index contributed by atoms with van der Waals surface area (Å²) < 4.78 is 0. The second kappa shape index (κ2) is 3.00. The highest BCUT2D eigenvalue weighted by Crippen LogP contribution is 2.84. The Kier molecular flexibility index (Phi) is 1.98. The highest BCUT2D eigenvalue weighted by molar-refractivity contribution is 5.25. The lowest BCUT2D eigenvalue weighted by Crippen LogP contribution is -2.13. The number of fused-ring (bicyclic) bond motifs is 1. The molecule has 0 nitrogen and oxygen atoms in total. The van der Waals surface area contributed by atoms with Crippen molar-refractivity contribution in [3.63, 3.8) is 0 Å². The predicted octanol–water partition coefficient (Wildman–Crippen LogP) is 4.25. The van der Waals surface area contributed by atoms with Crippen LogP contribution in [0.5, 0.6) is 0 Å². The van der Waals surface area contributed by atoms with E-state index in [4.69, 9.17) is 0 Å². The molecule has 0 saturated heterocycles. The first-order chi connectivity index (χ1) is 6.78. The van der Waals surface area contributed by atoms with Crippen molar-refractivity contribution in [3.05, 3.63) is 0 Å². The Balaban J connectivity index is 1.44. The highest BCUT2D eigenvalue weighted by Gasteiger charge is 2.77. The molecule has 0 aromatic carbocycles. The SMILES string of the molecule is CCCC(C)CCC1C2C3CCC12C3. The molecule has 0 heteroatoms. The van der Waals surface area contributed by atoms with E-state index in [-0.39, 0.29) is 0 Å². The maximum atomic E-state index is 2.45. The summed E-state index contributed by atoms with van der Waals surface area (Å²) in [5.74, 6) is 4.62. The average Bonchev–Trinajstić information content (AvgIpc) is 2.58. The standard InChI is InChI=1S/C14H24/c1-3-4-10(2)5-6-12-13-11-7-8-14(12,13)9-11/h10-13H,3-9H2,1-2H3. The lowest BCUT2D eigenvalue weighted by atomic mass is 9.85. The van der Waals surface area contributed by atoms with Gasteiger partial charge in [-0.25, -0.2) is 0 Å². The molecule has 0 radical (unpaired) electrons. The minimum Gasteiger partial charge on any atom is -0.0654 e. The van der Waals surface area contributed by atoms with Crippen LogP contribution in [-0.2, 0) is 0 Å². The molecule has 80 valence electrons. The van der Waals surface area contributed by atoms with Gasteiger partial charge in [0.15, 0.2) is 0 Å². The Hall–Kier alpha value is 0. The Morgan fingerprint density at radius 2 is 2.21 bits per heavy atom. The molecule has 4 aliphatic carbocycles. The zero-order chi connectivity index (χ0) is 9.76. The second-order valence-electron chi connectivity index (χ2n) is 6.34. The fraction of sp³-hybridized carbons (Fsp3) is 1.00. The van der Waals surface area contributed by atoms with Gasteiger partial charge in [0.05, 0.1) is 0 Å². The van der Waals surface area contributed by atoms with Crippen molar-refractivity contribution in [3.8, 4) is 0 Å². The van der Waals surface area contributed by atoms with Crippen LogP contribution in [0.2, 0.25) is 0 Å². The van der Waals surface area contributed by atoms with Crippen LogP contribution in [0.1, 0.15) is 58.8 Å². The summed E-state index contributed by atoms with van der Waals surface area (Å²) in [7, 11) is 0. The van der Waals surface area contributed by atoms with Crippen LogP contribution in [0, 0.1) is 29.1 Å². The first-order valence-corrected chi connectivity index (χ1v) is 6.78. The monoisotopic (exact) mass is 192 g/mol. The van der Waals surface area contributed by atoms with Gasteiger partial charge in [0.2, 0.25) is 0 Å². The average molecular weight is 192 g/mol. The van der Waals surface area contributed by atoms with Crippen LogP contribution in [0.4, 0.5) is 0 Å². The molecule has 4 saturated carbocycles. The van der Waals surface area contributed by atoms with Gasteiger partial charge in [-0.15, -0.1) is 0 Å². The maximum absolute atomic E-state index is 2.45. The quantitative estimate of drug-likeness (QED) is 0.611. The van der Waals surface area contributed by atoms with Crippen molar-refractivity contribution < 1.29 is 0 Å². The minimum absolute atomic E-state index is 0.955. The van der Waals surface area contributed by atoms with E-state index in [0.29, 0.717) is 0 Å². The van der Waals surface area contributed by atoms with Crippen molar-refractivity contribution in [2.24, 2.45) is 29.1 Å². The molecular formula is C14H24. The molecule has 0 aromatic rings. The van der Waals surface area contributed by atoms with Crippen LogP contribution in [0.25, 0.3) is 0 Å². The molecule has 4 fully saturated rings.